The SMILES string of the molecule is O=C(CN1C(=O)CNC1=O)N1CCCC(CO)C1. The van der Waals surface area contributed by atoms with E-state index < -0.39 is 6.03 Å². The van der Waals surface area contributed by atoms with Crippen LogP contribution in [0.15, 0.2) is 0 Å². The van der Waals surface area contributed by atoms with Crippen molar-refractivity contribution in [3.05, 3.63) is 0 Å². The van der Waals surface area contributed by atoms with Gasteiger partial charge in [0.05, 0.1) is 6.54 Å². The molecule has 2 saturated heterocycles. The van der Waals surface area contributed by atoms with Gasteiger partial charge in [0, 0.05) is 19.7 Å². The molecular weight excluding hydrogens is 238 g/mol. The fraction of sp³-hybridized carbons (Fsp3) is 0.727. The predicted octanol–water partition coefficient (Wildman–Crippen LogP) is -1.23. The highest BCUT2D eigenvalue weighted by Gasteiger charge is 2.32. The van der Waals surface area contributed by atoms with Crippen LogP contribution in [0.5, 0.6) is 0 Å². The minimum atomic E-state index is -0.510. The summed E-state index contributed by atoms with van der Waals surface area (Å²) in [6, 6.07) is -0.510. The van der Waals surface area contributed by atoms with Gasteiger partial charge in [0.1, 0.15) is 6.54 Å². The van der Waals surface area contributed by atoms with E-state index >= 15 is 0 Å². The average Bonchev–Trinajstić information content (AvgIpc) is 2.70. The van der Waals surface area contributed by atoms with Crippen molar-refractivity contribution >= 4 is 17.8 Å². The first kappa shape index (κ1) is 12.8. The molecule has 4 amide bonds. The van der Waals surface area contributed by atoms with Crippen molar-refractivity contribution < 1.29 is 19.5 Å². The Labute approximate surface area is 105 Å². The molecule has 7 heteroatoms. The van der Waals surface area contributed by atoms with Crippen LogP contribution in [0.3, 0.4) is 0 Å². The largest absolute Gasteiger partial charge is 0.396 e. The highest BCUT2D eigenvalue weighted by atomic mass is 16.3. The molecule has 0 aromatic heterocycles. The molecular formula is C11H17N3O4. The first-order chi connectivity index (χ1) is 8.61. The molecule has 2 rings (SSSR count). The van der Waals surface area contributed by atoms with E-state index in [0.717, 1.165) is 17.7 Å². The standard InChI is InChI=1S/C11H17N3O4/c15-7-8-2-1-3-13(5-8)10(17)6-14-9(16)4-12-11(14)18/h8,15H,1-7H2,(H,12,18). The smallest absolute Gasteiger partial charge is 0.325 e. The minimum absolute atomic E-state index is 0.0363. The fourth-order valence-electron chi connectivity index (χ4n) is 2.29. The molecule has 0 spiro atoms. The number of aliphatic hydroxyl groups excluding tert-OH is 1. The molecule has 100 valence electrons. The number of amides is 4. The molecule has 0 aromatic rings. The van der Waals surface area contributed by atoms with E-state index in [1.165, 1.54) is 0 Å². The highest BCUT2D eigenvalue weighted by Crippen LogP contribution is 2.16. The molecule has 0 aromatic carbocycles. The van der Waals surface area contributed by atoms with E-state index in [-0.39, 0.29) is 37.4 Å². The third-order valence-corrected chi connectivity index (χ3v) is 3.36. The van der Waals surface area contributed by atoms with Crippen molar-refractivity contribution in [3.8, 4) is 0 Å². The van der Waals surface area contributed by atoms with Crippen molar-refractivity contribution in [2.24, 2.45) is 5.92 Å². The zero-order valence-electron chi connectivity index (χ0n) is 10.1. The normalized spacial score (nSPS) is 24.4. The quantitative estimate of drug-likeness (QED) is 0.618. The zero-order valence-corrected chi connectivity index (χ0v) is 10.1. The lowest BCUT2D eigenvalue weighted by Crippen LogP contribution is -2.47. The number of piperidine rings is 1. The van der Waals surface area contributed by atoms with Crippen molar-refractivity contribution in [2.75, 3.05) is 32.8 Å². The molecule has 18 heavy (non-hydrogen) atoms. The monoisotopic (exact) mass is 255 g/mol. The Kier molecular flexibility index (Phi) is 3.81. The molecule has 0 saturated carbocycles. The maximum absolute atomic E-state index is 12.0. The number of likely N-dealkylation sites (tertiary alicyclic amines) is 1. The maximum atomic E-state index is 12.0. The van der Waals surface area contributed by atoms with E-state index in [2.05, 4.69) is 5.32 Å². The Morgan fingerprint density at radius 1 is 1.44 bits per heavy atom. The molecule has 0 radical (unpaired) electrons. The molecule has 2 fully saturated rings. The van der Waals surface area contributed by atoms with Crippen LogP contribution in [0.1, 0.15) is 12.8 Å². The van der Waals surface area contributed by atoms with Gasteiger partial charge in [-0.2, -0.15) is 0 Å². The van der Waals surface area contributed by atoms with Crippen molar-refractivity contribution in [2.45, 2.75) is 12.8 Å². The number of nitrogens with one attached hydrogen (secondary N) is 1. The summed E-state index contributed by atoms with van der Waals surface area (Å²) in [5.41, 5.74) is 0. The average molecular weight is 255 g/mol. The lowest BCUT2D eigenvalue weighted by Gasteiger charge is -2.32. The summed E-state index contributed by atoms with van der Waals surface area (Å²) in [7, 11) is 0. The minimum Gasteiger partial charge on any atom is -0.396 e. The number of urea groups is 1. The Hall–Kier alpha value is -1.63. The van der Waals surface area contributed by atoms with Crippen LogP contribution in [-0.4, -0.2) is 65.5 Å². The highest BCUT2D eigenvalue weighted by molar-refractivity contribution is 6.04. The van der Waals surface area contributed by atoms with Crippen LogP contribution in [0.4, 0.5) is 4.79 Å². The van der Waals surface area contributed by atoms with Gasteiger partial charge in [-0.3, -0.25) is 14.5 Å². The van der Waals surface area contributed by atoms with E-state index in [9.17, 15) is 14.4 Å². The molecule has 1 unspecified atom stereocenters. The van der Waals surface area contributed by atoms with E-state index in [0.29, 0.717) is 13.1 Å². The summed E-state index contributed by atoms with van der Waals surface area (Å²) in [6.07, 6.45) is 1.75. The van der Waals surface area contributed by atoms with Gasteiger partial charge in [0.15, 0.2) is 0 Å². The summed E-state index contributed by atoms with van der Waals surface area (Å²) in [6.45, 7) is 0.944. The lowest BCUT2D eigenvalue weighted by atomic mass is 9.99. The lowest BCUT2D eigenvalue weighted by molar-refractivity contribution is -0.138. The third-order valence-electron chi connectivity index (χ3n) is 3.36. The summed E-state index contributed by atoms with van der Waals surface area (Å²) in [4.78, 5) is 37.2. The molecule has 2 heterocycles. The summed E-state index contributed by atoms with van der Waals surface area (Å²) in [5.74, 6) is -0.506. The van der Waals surface area contributed by atoms with Crippen LogP contribution < -0.4 is 5.32 Å². The second-order valence-electron chi connectivity index (χ2n) is 4.67. The topological polar surface area (TPSA) is 90.0 Å². The Morgan fingerprint density at radius 2 is 2.22 bits per heavy atom. The number of rotatable bonds is 3. The number of aliphatic hydroxyl groups is 1. The van der Waals surface area contributed by atoms with Crippen LogP contribution in [0.25, 0.3) is 0 Å². The maximum Gasteiger partial charge on any atom is 0.325 e. The number of carbonyl (C=O) groups excluding carboxylic acids is 3. The fourth-order valence-corrected chi connectivity index (χ4v) is 2.29. The first-order valence-electron chi connectivity index (χ1n) is 6.08. The Morgan fingerprint density at radius 3 is 2.83 bits per heavy atom. The number of imide groups is 1. The number of hydrogen-bond donors (Lipinski definition) is 2. The van der Waals surface area contributed by atoms with Gasteiger partial charge in [-0.15, -0.1) is 0 Å². The molecule has 2 aliphatic rings. The Bertz CT molecular complexity index is 355. The first-order valence-corrected chi connectivity index (χ1v) is 6.08. The van der Waals surface area contributed by atoms with Crippen molar-refractivity contribution in [1.29, 1.82) is 0 Å². The number of hydrogen-bond acceptors (Lipinski definition) is 4. The Balaban J connectivity index is 1.91. The molecule has 1 atom stereocenters. The second-order valence-corrected chi connectivity index (χ2v) is 4.67. The van der Waals surface area contributed by atoms with Crippen LogP contribution in [0, 0.1) is 5.92 Å². The van der Waals surface area contributed by atoms with Gasteiger partial charge in [-0.1, -0.05) is 0 Å². The molecule has 0 aliphatic carbocycles. The van der Waals surface area contributed by atoms with Gasteiger partial charge in [-0.05, 0) is 18.8 Å². The van der Waals surface area contributed by atoms with Gasteiger partial charge in [0.25, 0.3) is 5.91 Å². The van der Waals surface area contributed by atoms with Crippen LogP contribution >= 0.6 is 0 Å². The van der Waals surface area contributed by atoms with Crippen LogP contribution in [0.2, 0.25) is 0 Å². The van der Waals surface area contributed by atoms with Gasteiger partial charge in [-0.25, -0.2) is 4.79 Å². The molecule has 0 bridgehead atoms. The summed E-state index contributed by atoms with van der Waals surface area (Å²) < 4.78 is 0. The van der Waals surface area contributed by atoms with Crippen molar-refractivity contribution in [1.82, 2.24) is 15.1 Å². The summed E-state index contributed by atoms with van der Waals surface area (Å²) in [5, 5.41) is 11.5. The van der Waals surface area contributed by atoms with E-state index in [1.54, 1.807) is 4.90 Å². The number of carbonyl (C=O) groups is 3. The van der Waals surface area contributed by atoms with Gasteiger partial charge >= 0.3 is 6.03 Å². The zero-order chi connectivity index (χ0) is 13.1. The predicted molar refractivity (Wildman–Crippen MR) is 61.5 cm³/mol. The molecule has 7 nitrogen and oxygen atoms in total. The second kappa shape index (κ2) is 5.34. The molecule has 2 aliphatic heterocycles. The van der Waals surface area contributed by atoms with Crippen LogP contribution in [-0.2, 0) is 9.59 Å². The van der Waals surface area contributed by atoms with Crippen molar-refractivity contribution in [3.63, 3.8) is 0 Å². The van der Waals surface area contributed by atoms with Gasteiger partial charge < -0.3 is 15.3 Å². The molecule has 2 N–H and O–H groups in total. The van der Waals surface area contributed by atoms with E-state index in [1.807, 2.05) is 0 Å². The van der Waals surface area contributed by atoms with Gasteiger partial charge in [0.2, 0.25) is 5.91 Å². The third kappa shape index (κ3) is 2.61. The summed E-state index contributed by atoms with van der Waals surface area (Å²) >= 11 is 0. The van der Waals surface area contributed by atoms with E-state index in [4.69, 9.17) is 5.11 Å². The number of nitrogens with zero attached hydrogens (tertiary/aromatic N) is 2.